The second kappa shape index (κ2) is 3.25. The molecule has 1 heterocycles. The number of nitrogens with zero attached hydrogens (tertiary/aromatic N) is 1. The highest BCUT2D eigenvalue weighted by Crippen LogP contribution is 2.24. The molecular formula is C9H15NO2. The van der Waals surface area contributed by atoms with Crippen LogP contribution in [0.25, 0.3) is 0 Å². The summed E-state index contributed by atoms with van der Waals surface area (Å²) in [5.74, 6) is -0.0262. The smallest absolute Gasteiger partial charge is 0.232 e. The van der Waals surface area contributed by atoms with Crippen LogP contribution in [0.2, 0.25) is 0 Å². The topological polar surface area (TPSA) is 37.4 Å². The summed E-state index contributed by atoms with van der Waals surface area (Å²) < 4.78 is 0. The predicted octanol–water partition coefficient (Wildman–Crippen LogP) is 1.18. The van der Waals surface area contributed by atoms with Crippen LogP contribution in [-0.4, -0.2) is 22.8 Å². The van der Waals surface area contributed by atoms with Gasteiger partial charge in [0, 0.05) is 18.4 Å². The van der Waals surface area contributed by atoms with Crippen LogP contribution in [0.1, 0.15) is 33.6 Å². The largest absolute Gasteiger partial charge is 0.280 e. The van der Waals surface area contributed by atoms with E-state index in [1.54, 1.807) is 6.92 Å². The molecule has 0 N–H and O–H groups in total. The van der Waals surface area contributed by atoms with Crippen molar-refractivity contribution in [1.82, 2.24) is 4.90 Å². The van der Waals surface area contributed by atoms with E-state index in [2.05, 4.69) is 0 Å². The lowest BCUT2D eigenvalue weighted by Crippen LogP contribution is -2.37. The van der Waals surface area contributed by atoms with E-state index in [1.807, 2.05) is 13.8 Å². The monoisotopic (exact) mass is 169 g/mol. The summed E-state index contributed by atoms with van der Waals surface area (Å²) in [6.07, 6.45) is 1.23. The Hall–Kier alpha value is -0.860. The Labute approximate surface area is 72.7 Å². The van der Waals surface area contributed by atoms with Crippen molar-refractivity contribution in [1.29, 1.82) is 0 Å². The van der Waals surface area contributed by atoms with Gasteiger partial charge in [-0.15, -0.1) is 0 Å². The Bertz CT molecular complexity index is 213. The quantitative estimate of drug-likeness (QED) is 0.591. The van der Waals surface area contributed by atoms with Gasteiger partial charge >= 0.3 is 0 Å². The number of rotatable bonds is 1. The molecule has 0 saturated carbocycles. The Morgan fingerprint density at radius 3 is 2.50 bits per heavy atom. The molecule has 1 saturated heterocycles. The van der Waals surface area contributed by atoms with Gasteiger partial charge in [-0.1, -0.05) is 13.8 Å². The third-order valence-electron chi connectivity index (χ3n) is 2.37. The molecular weight excluding hydrogens is 154 g/mol. The van der Waals surface area contributed by atoms with Crippen molar-refractivity contribution in [3.8, 4) is 0 Å². The molecule has 2 atom stereocenters. The number of imide groups is 1. The number of carbonyl (C=O) groups excluding carboxylic acids is 2. The number of carbonyl (C=O) groups is 2. The van der Waals surface area contributed by atoms with Crippen LogP contribution >= 0.6 is 0 Å². The van der Waals surface area contributed by atoms with Gasteiger partial charge in [-0.3, -0.25) is 14.5 Å². The summed E-state index contributed by atoms with van der Waals surface area (Å²) >= 11 is 0. The minimum absolute atomic E-state index is 0.00523. The van der Waals surface area contributed by atoms with Crippen molar-refractivity contribution >= 4 is 11.8 Å². The van der Waals surface area contributed by atoms with Gasteiger partial charge in [0.2, 0.25) is 11.8 Å². The second-order valence-electron chi connectivity index (χ2n) is 3.44. The molecule has 68 valence electrons. The first-order valence-corrected chi connectivity index (χ1v) is 4.43. The fourth-order valence-electron chi connectivity index (χ4n) is 1.71. The van der Waals surface area contributed by atoms with Crippen molar-refractivity contribution in [2.24, 2.45) is 5.92 Å². The van der Waals surface area contributed by atoms with Gasteiger partial charge in [0.25, 0.3) is 0 Å². The third-order valence-corrected chi connectivity index (χ3v) is 2.37. The zero-order valence-electron chi connectivity index (χ0n) is 7.83. The first kappa shape index (κ1) is 9.23. The minimum atomic E-state index is -0.0446. The SMILES string of the molecule is CCC(=O)N1C(=O)[C@@H](C)CC1C. The predicted molar refractivity (Wildman–Crippen MR) is 45.4 cm³/mol. The summed E-state index contributed by atoms with van der Waals surface area (Å²) in [6, 6.07) is 0.0972. The lowest BCUT2D eigenvalue weighted by Gasteiger charge is -2.18. The fraction of sp³-hybridized carbons (Fsp3) is 0.778. The molecule has 1 fully saturated rings. The molecule has 3 nitrogen and oxygen atoms in total. The molecule has 0 bridgehead atoms. The van der Waals surface area contributed by atoms with Gasteiger partial charge in [-0.05, 0) is 13.3 Å². The summed E-state index contributed by atoms with van der Waals surface area (Å²) in [6.45, 7) is 5.59. The van der Waals surface area contributed by atoms with Crippen LogP contribution in [0.15, 0.2) is 0 Å². The molecule has 1 aliphatic rings. The van der Waals surface area contributed by atoms with Gasteiger partial charge in [0.1, 0.15) is 0 Å². The summed E-state index contributed by atoms with van der Waals surface area (Å²) in [7, 11) is 0. The van der Waals surface area contributed by atoms with Gasteiger partial charge < -0.3 is 0 Å². The third kappa shape index (κ3) is 1.36. The van der Waals surface area contributed by atoms with Crippen LogP contribution in [0, 0.1) is 5.92 Å². The summed E-state index contributed by atoms with van der Waals surface area (Å²) in [5, 5.41) is 0. The maximum Gasteiger partial charge on any atom is 0.232 e. The van der Waals surface area contributed by atoms with Crippen LogP contribution < -0.4 is 0 Å². The van der Waals surface area contributed by atoms with E-state index in [0.717, 1.165) is 6.42 Å². The normalized spacial score (nSPS) is 29.6. The fourth-order valence-corrected chi connectivity index (χ4v) is 1.71. The molecule has 0 aromatic rings. The zero-order valence-corrected chi connectivity index (χ0v) is 7.83. The van der Waals surface area contributed by atoms with Crippen LogP contribution in [-0.2, 0) is 9.59 Å². The van der Waals surface area contributed by atoms with E-state index in [1.165, 1.54) is 4.90 Å². The molecule has 1 aliphatic heterocycles. The van der Waals surface area contributed by atoms with E-state index in [-0.39, 0.29) is 23.8 Å². The molecule has 0 aromatic heterocycles. The van der Waals surface area contributed by atoms with Crippen LogP contribution in [0.5, 0.6) is 0 Å². The molecule has 0 aliphatic carbocycles. The van der Waals surface area contributed by atoms with E-state index < -0.39 is 0 Å². The Kier molecular flexibility index (Phi) is 2.50. The highest BCUT2D eigenvalue weighted by molar-refractivity contribution is 5.98. The lowest BCUT2D eigenvalue weighted by atomic mass is 10.1. The Morgan fingerprint density at radius 2 is 2.17 bits per heavy atom. The summed E-state index contributed by atoms with van der Waals surface area (Å²) in [4.78, 5) is 24.1. The first-order valence-electron chi connectivity index (χ1n) is 4.43. The van der Waals surface area contributed by atoms with E-state index in [0.29, 0.717) is 6.42 Å². The van der Waals surface area contributed by atoms with Crippen LogP contribution in [0.3, 0.4) is 0 Å². The molecule has 0 aromatic carbocycles. The van der Waals surface area contributed by atoms with Crippen molar-refractivity contribution in [2.45, 2.75) is 39.7 Å². The van der Waals surface area contributed by atoms with Gasteiger partial charge in [-0.25, -0.2) is 0 Å². The molecule has 1 rings (SSSR count). The maximum atomic E-state index is 11.4. The number of likely N-dealkylation sites (tertiary alicyclic amines) is 1. The van der Waals surface area contributed by atoms with Crippen LogP contribution in [0.4, 0.5) is 0 Å². The molecule has 2 amide bonds. The van der Waals surface area contributed by atoms with E-state index in [4.69, 9.17) is 0 Å². The minimum Gasteiger partial charge on any atom is -0.280 e. The molecule has 0 radical (unpaired) electrons. The molecule has 3 heteroatoms. The highest BCUT2D eigenvalue weighted by atomic mass is 16.2. The molecule has 12 heavy (non-hydrogen) atoms. The zero-order chi connectivity index (χ0) is 9.30. The lowest BCUT2D eigenvalue weighted by molar-refractivity contribution is -0.144. The van der Waals surface area contributed by atoms with Crippen molar-refractivity contribution in [3.05, 3.63) is 0 Å². The number of hydrogen-bond donors (Lipinski definition) is 0. The van der Waals surface area contributed by atoms with Gasteiger partial charge in [0.05, 0.1) is 0 Å². The molecule has 1 unspecified atom stereocenters. The second-order valence-corrected chi connectivity index (χ2v) is 3.44. The van der Waals surface area contributed by atoms with E-state index >= 15 is 0 Å². The van der Waals surface area contributed by atoms with Crippen molar-refractivity contribution in [3.63, 3.8) is 0 Å². The number of hydrogen-bond acceptors (Lipinski definition) is 2. The average molecular weight is 169 g/mol. The first-order chi connectivity index (χ1) is 5.57. The Morgan fingerprint density at radius 1 is 1.58 bits per heavy atom. The summed E-state index contributed by atoms with van der Waals surface area (Å²) in [5.41, 5.74) is 0. The Balaban J connectivity index is 2.76. The maximum absolute atomic E-state index is 11.4. The van der Waals surface area contributed by atoms with Crippen molar-refractivity contribution in [2.75, 3.05) is 0 Å². The van der Waals surface area contributed by atoms with Gasteiger partial charge in [0.15, 0.2) is 0 Å². The van der Waals surface area contributed by atoms with E-state index in [9.17, 15) is 9.59 Å². The highest BCUT2D eigenvalue weighted by Gasteiger charge is 2.37. The average Bonchev–Trinajstić information content (AvgIpc) is 2.26. The van der Waals surface area contributed by atoms with Crippen molar-refractivity contribution < 1.29 is 9.59 Å². The van der Waals surface area contributed by atoms with Gasteiger partial charge in [-0.2, -0.15) is 0 Å². The molecule has 0 spiro atoms. The standard InChI is InChI=1S/C9H15NO2/c1-4-8(11)10-7(3)5-6(2)9(10)12/h6-7H,4-5H2,1-3H3/t6-,7?/m0/s1. The number of amides is 2.